The Morgan fingerprint density at radius 3 is 2.30 bits per heavy atom. The van der Waals surface area contributed by atoms with E-state index >= 15 is 0 Å². The molecule has 2 aromatic carbocycles. The van der Waals surface area contributed by atoms with Crippen LogP contribution in [0.2, 0.25) is 0 Å². The molecule has 0 unspecified atom stereocenters. The van der Waals surface area contributed by atoms with Crippen LogP contribution in [0.4, 0.5) is 5.69 Å². The van der Waals surface area contributed by atoms with Crippen molar-refractivity contribution < 1.29 is 14.3 Å². The molecule has 0 saturated carbocycles. The van der Waals surface area contributed by atoms with Crippen molar-refractivity contribution in [2.24, 2.45) is 0 Å². The van der Waals surface area contributed by atoms with Gasteiger partial charge in [0.2, 0.25) is 5.91 Å². The molecule has 5 heteroatoms. The fraction of sp³-hybridized carbons (Fsp3) is 0.222. The fourth-order valence-corrected chi connectivity index (χ4v) is 2.00. The highest BCUT2D eigenvalue weighted by molar-refractivity contribution is 5.98. The number of benzene rings is 2. The number of carbonyl (C=O) groups is 2. The second kappa shape index (κ2) is 8.58. The van der Waals surface area contributed by atoms with Gasteiger partial charge in [-0.3, -0.25) is 20.4 Å². The van der Waals surface area contributed by atoms with Gasteiger partial charge in [-0.25, -0.2) is 0 Å². The Balaban J connectivity index is 1.76. The van der Waals surface area contributed by atoms with Crippen molar-refractivity contribution in [2.45, 2.75) is 19.8 Å². The van der Waals surface area contributed by atoms with Gasteiger partial charge in [-0.15, -0.1) is 0 Å². The molecule has 2 aromatic rings. The Hall–Kier alpha value is -2.82. The molecule has 0 spiro atoms. The quantitative estimate of drug-likeness (QED) is 0.580. The summed E-state index contributed by atoms with van der Waals surface area (Å²) >= 11 is 0. The number of para-hydroxylation sites is 1. The van der Waals surface area contributed by atoms with Crippen LogP contribution < -0.4 is 15.6 Å². The van der Waals surface area contributed by atoms with E-state index in [1.807, 2.05) is 37.3 Å². The zero-order valence-electron chi connectivity index (χ0n) is 13.0. The summed E-state index contributed by atoms with van der Waals surface area (Å²) in [6.45, 7) is 2.49. The summed E-state index contributed by atoms with van der Waals surface area (Å²) < 4.78 is 5.33. The molecule has 2 N–H and O–H groups in total. The third-order valence-corrected chi connectivity index (χ3v) is 3.19. The van der Waals surface area contributed by atoms with E-state index in [4.69, 9.17) is 4.74 Å². The Bertz CT molecular complexity index is 639. The first kappa shape index (κ1) is 16.5. The topological polar surface area (TPSA) is 67.4 Å². The van der Waals surface area contributed by atoms with Gasteiger partial charge in [-0.05, 0) is 43.3 Å². The molecule has 1 amide bonds. The highest BCUT2D eigenvalue weighted by Crippen LogP contribution is 2.14. The summed E-state index contributed by atoms with van der Waals surface area (Å²) in [6, 6.07) is 16.2. The molecule has 2 rings (SSSR count). The number of hydrogen-bond acceptors (Lipinski definition) is 4. The number of Topliss-reactive ketones (excluding diaryl/α,β-unsaturated/α-hetero) is 1. The van der Waals surface area contributed by atoms with Crippen LogP contribution >= 0.6 is 0 Å². The lowest BCUT2D eigenvalue weighted by Gasteiger charge is -2.08. The minimum absolute atomic E-state index is 0.0668. The van der Waals surface area contributed by atoms with Crippen molar-refractivity contribution in [2.75, 3.05) is 12.0 Å². The molecular weight excluding hydrogens is 292 g/mol. The average Bonchev–Trinajstić information content (AvgIpc) is 2.59. The number of rotatable bonds is 8. The third-order valence-electron chi connectivity index (χ3n) is 3.19. The van der Waals surface area contributed by atoms with Crippen molar-refractivity contribution in [3.63, 3.8) is 0 Å². The molecule has 0 aliphatic heterocycles. The van der Waals surface area contributed by atoms with Gasteiger partial charge >= 0.3 is 0 Å². The molecule has 0 bridgehead atoms. The highest BCUT2D eigenvalue weighted by atomic mass is 16.5. The van der Waals surface area contributed by atoms with Crippen LogP contribution in [-0.2, 0) is 4.79 Å². The largest absolute Gasteiger partial charge is 0.494 e. The molecule has 0 aromatic heterocycles. The third kappa shape index (κ3) is 5.47. The van der Waals surface area contributed by atoms with Crippen LogP contribution in [0.1, 0.15) is 30.1 Å². The molecule has 0 aliphatic carbocycles. The van der Waals surface area contributed by atoms with Crippen LogP contribution in [0.5, 0.6) is 5.75 Å². The lowest BCUT2D eigenvalue weighted by atomic mass is 10.1. The maximum atomic E-state index is 12.1. The molecule has 0 saturated heterocycles. The summed E-state index contributed by atoms with van der Waals surface area (Å²) in [5.74, 6) is 0.435. The van der Waals surface area contributed by atoms with Gasteiger partial charge in [-0.2, -0.15) is 0 Å². The van der Waals surface area contributed by atoms with Crippen molar-refractivity contribution in [1.29, 1.82) is 0 Å². The van der Waals surface area contributed by atoms with Crippen LogP contribution in [0.15, 0.2) is 54.6 Å². The maximum absolute atomic E-state index is 12.1. The first-order valence-corrected chi connectivity index (χ1v) is 7.55. The predicted molar refractivity (Wildman–Crippen MR) is 89.4 cm³/mol. The van der Waals surface area contributed by atoms with E-state index in [1.165, 1.54) is 0 Å². The molecule has 0 fully saturated rings. The summed E-state index contributed by atoms with van der Waals surface area (Å²) in [5, 5.41) is 0. The summed E-state index contributed by atoms with van der Waals surface area (Å²) in [6.07, 6.45) is 0.294. The van der Waals surface area contributed by atoms with Crippen LogP contribution in [-0.4, -0.2) is 18.3 Å². The van der Waals surface area contributed by atoms with Gasteiger partial charge in [0.05, 0.1) is 12.3 Å². The number of hydrazine groups is 1. The van der Waals surface area contributed by atoms with Gasteiger partial charge in [0.15, 0.2) is 5.78 Å². The SMILES string of the molecule is CCOc1ccc(C(=O)CCC(=O)NNc2ccccc2)cc1. The monoisotopic (exact) mass is 312 g/mol. The van der Waals surface area contributed by atoms with E-state index in [0.717, 1.165) is 11.4 Å². The van der Waals surface area contributed by atoms with E-state index in [9.17, 15) is 9.59 Å². The normalized spacial score (nSPS) is 9.96. The first-order chi connectivity index (χ1) is 11.2. The van der Waals surface area contributed by atoms with E-state index < -0.39 is 0 Å². The number of amides is 1. The molecule has 0 atom stereocenters. The van der Waals surface area contributed by atoms with Gasteiger partial charge in [-0.1, -0.05) is 18.2 Å². The van der Waals surface area contributed by atoms with E-state index in [1.54, 1.807) is 24.3 Å². The van der Waals surface area contributed by atoms with Crippen molar-refractivity contribution in [1.82, 2.24) is 5.43 Å². The van der Waals surface area contributed by atoms with Gasteiger partial charge in [0.25, 0.3) is 0 Å². The number of ketones is 1. The number of nitrogens with one attached hydrogen (secondary N) is 2. The van der Waals surface area contributed by atoms with Crippen LogP contribution in [0.25, 0.3) is 0 Å². The molecule has 0 radical (unpaired) electrons. The van der Waals surface area contributed by atoms with Gasteiger partial charge in [0.1, 0.15) is 5.75 Å². The summed E-state index contributed by atoms with van der Waals surface area (Å²) in [4.78, 5) is 23.8. The van der Waals surface area contributed by atoms with Crippen LogP contribution in [0.3, 0.4) is 0 Å². The number of ether oxygens (including phenoxy) is 1. The Labute approximate surface area is 135 Å². The lowest BCUT2D eigenvalue weighted by molar-refractivity contribution is -0.120. The van der Waals surface area contributed by atoms with Crippen molar-refractivity contribution >= 4 is 17.4 Å². The van der Waals surface area contributed by atoms with E-state index in [2.05, 4.69) is 10.9 Å². The Kier molecular flexibility index (Phi) is 6.17. The van der Waals surface area contributed by atoms with Crippen molar-refractivity contribution in [3.8, 4) is 5.75 Å². The Morgan fingerprint density at radius 2 is 1.65 bits per heavy atom. The standard InChI is InChI=1S/C18H20N2O3/c1-2-23-16-10-8-14(9-11-16)17(21)12-13-18(22)20-19-15-6-4-3-5-7-15/h3-11,19H,2,12-13H2,1H3,(H,20,22). The molecule has 0 aliphatic rings. The van der Waals surface area contributed by atoms with E-state index in [0.29, 0.717) is 12.2 Å². The highest BCUT2D eigenvalue weighted by Gasteiger charge is 2.09. The molecular formula is C18H20N2O3. The van der Waals surface area contributed by atoms with Gasteiger partial charge < -0.3 is 4.74 Å². The minimum atomic E-state index is -0.229. The first-order valence-electron chi connectivity index (χ1n) is 7.55. The minimum Gasteiger partial charge on any atom is -0.494 e. The predicted octanol–water partition coefficient (Wildman–Crippen LogP) is 3.19. The lowest BCUT2D eigenvalue weighted by Crippen LogP contribution is -2.29. The molecule has 23 heavy (non-hydrogen) atoms. The summed E-state index contributed by atoms with van der Waals surface area (Å²) in [7, 11) is 0. The van der Waals surface area contributed by atoms with Gasteiger partial charge in [0, 0.05) is 18.4 Å². The smallest absolute Gasteiger partial charge is 0.238 e. The summed E-state index contributed by atoms with van der Waals surface area (Å²) in [5.41, 5.74) is 6.74. The van der Waals surface area contributed by atoms with Crippen molar-refractivity contribution in [3.05, 3.63) is 60.2 Å². The molecule has 120 valence electrons. The average molecular weight is 312 g/mol. The molecule has 0 heterocycles. The van der Waals surface area contributed by atoms with E-state index in [-0.39, 0.29) is 24.5 Å². The second-order valence-electron chi connectivity index (χ2n) is 4.92. The number of hydrogen-bond donors (Lipinski definition) is 2. The fourth-order valence-electron chi connectivity index (χ4n) is 2.00. The second-order valence-corrected chi connectivity index (χ2v) is 4.92. The number of anilines is 1. The zero-order valence-corrected chi connectivity index (χ0v) is 13.0. The number of carbonyl (C=O) groups excluding carboxylic acids is 2. The maximum Gasteiger partial charge on any atom is 0.238 e. The zero-order chi connectivity index (χ0) is 16.5. The van der Waals surface area contributed by atoms with Crippen LogP contribution in [0, 0.1) is 0 Å². The Morgan fingerprint density at radius 1 is 0.957 bits per heavy atom. The molecule has 5 nitrogen and oxygen atoms in total.